The molecule has 1 aromatic carbocycles. The topological polar surface area (TPSA) is 31.1 Å². The van der Waals surface area contributed by atoms with Crippen LogP contribution >= 0.6 is 0 Å². The molecular weight excluding hydrogens is 186 g/mol. The van der Waals surface area contributed by atoms with Crippen LogP contribution in [0.5, 0.6) is 0 Å². The number of rotatable bonds is 3. The zero-order chi connectivity index (χ0) is 10.7. The van der Waals surface area contributed by atoms with Crippen LogP contribution in [0, 0.1) is 0 Å². The van der Waals surface area contributed by atoms with Crippen molar-refractivity contribution >= 4 is 17.1 Å². The standard InChI is InChI=1S/C12H15N3/c1-15(2)12-5-3-4-10(8-12)14-11-6-7-13-9-11/h3-9,13-14H,1-2H3. The number of hydrogen-bond donors (Lipinski definition) is 2. The lowest BCUT2D eigenvalue weighted by atomic mass is 10.2. The van der Waals surface area contributed by atoms with Crippen LogP contribution in [-0.2, 0) is 0 Å². The Morgan fingerprint density at radius 2 is 2.00 bits per heavy atom. The molecule has 0 aliphatic carbocycles. The number of H-pyrrole nitrogens is 1. The largest absolute Gasteiger partial charge is 0.378 e. The van der Waals surface area contributed by atoms with Crippen molar-refractivity contribution in [2.45, 2.75) is 0 Å². The van der Waals surface area contributed by atoms with E-state index in [2.05, 4.69) is 33.4 Å². The minimum atomic E-state index is 1.07. The summed E-state index contributed by atoms with van der Waals surface area (Å²) in [6.45, 7) is 0. The van der Waals surface area contributed by atoms with Crippen LogP contribution in [0.15, 0.2) is 42.7 Å². The van der Waals surface area contributed by atoms with E-state index in [-0.39, 0.29) is 0 Å². The quantitative estimate of drug-likeness (QED) is 0.800. The van der Waals surface area contributed by atoms with Gasteiger partial charge in [0, 0.05) is 37.9 Å². The highest BCUT2D eigenvalue weighted by Crippen LogP contribution is 2.20. The Morgan fingerprint density at radius 1 is 1.13 bits per heavy atom. The fourth-order valence-corrected chi connectivity index (χ4v) is 1.43. The van der Waals surface area contributed by atoms with Crippen LogP contribution in [0.4, 0.5) is 17.1 Å². The first-order valence-corrected chi connectivity index (χ1v) is 4.93. The van der Waals surface area contributed by atoms with E-state index in [1.54, 1.807) is 0 Å². The molecule has 15 heavy (non-hydrogen) atoms. The van der Waals surface area contributed by atoms with Crippen LogP contribution in [0.2, 0.25) is 0 Å². The number of anilines is 3. The predicted octanol–water partition coefficient (Wildman–Crippen LogP) is 2.82. The zero-order valence-electron chi connectivity index (χ0n) is 8.99. The van der Waals surface area contributed by atoms with Crippen LogP contribution in [0.25, 0.3) is 0 Å². The predicted molar refractivity (Wildman–Crippen MR) is 64.8 cm³/mol. The average molecular weight is 201 g/mol. The SMILES string of the molecule is CN(C)c1cccc(Nc2cc[nH]c2)c1. The lowest BCUT2D eigenvalue weighted by Gasteiger charge is -2.13. The molecule has 0 radical (unpaired) electrons. The summed E-state index contributed by atoms with van der Waals surface area (Å²) in [6, 6.07) is 10.3. The number of aromatic nitrogens is 1. The van der Waals surface area contributed by atoms with Crippen molar-refractivity contribution in [2.24, 2.45) is 0 Å². The first-order valence-electron chi connectivity index (χ1n) is 4.93. The fourth-order valence-electron chi connectivity index (χ4n) is 1.43. The first-order chi connectivity index (χ1) is 7.25. The van der Waals surface area contributed by atoms with Gasteiger partial charge in [0.25, 0.3) is 0 Å². The number of hydrogen-bond acceptors (Lipinski definition) is 2. The number of nitrogens with zero attached hydrogens (tertiary/aromatic N) is 1. The molecule has 0 fully saturated rings. The van der Waals surface area contributed by atoms with Crippen molar-refractivity contribution in [3.63, 3.8) is 0 Å². The Balaban J connectivity index is 2.18. The third-order valence-electron chi connectivity index (χ3n) is 2.25. The Bertz CT molecular complexity index is 418. The second kappa shape index (κ2) is 4.09. The molecule has 0 amide bonds. The van der Waals surface area contributed by atoms with E-state index in [0.29, 0.717) is 0 Å². The Kier molecular flexibility index (Phi) is 2.63. The van der Waals surface area contributed by atoms with Gasteiger partial charge in [-0.25, -0.2) is 0 Å². The number of aromatic amines is 1. The van der Waals surface area contributed by atoms with Crippen LogP contribution in [-0.4, -0.2) is 19.1 Å². The lowest BCUT2D eigenvalue weighted by Crippen LogP contribution is -2.08. The van der Waals surface area contributed by atoms with Crippen molar-refractivity contribution < 1.29 is 0 Å². The maximum Gasteiger partial charge on any atom is 0.0561 e. The molecule has 0 bridgehead atoms. The molecule has 0 atom stereocenters. The van der Waals surface area contributed by atoms with Gasteiger partial charge < -0.3 is 15.2 Å². The highest BCUT2D eigenvalue weighted by molar-refractivity contribution is 5.64. The second-order valence-corrected chi connectivity index (χ2v) is 3.67. The molecule has 2 aromatic rings. The summed E-state index contributed by atoms with van der Waals surface area (Å²) in [4.78, 5) is 5.10. The smallest absolute Gasteiger partial charge is 0.0561 e. The molecule has 1 aromatic heterocycles. The normalized spacial score (nSPS) is 10.0. The summed E-state index contributed by atoms with van der Waals surface area (Å²) in [5.74, 6) is 0. The summed E-state index contributed by atoms with van der Waals surface area (Å²) in [5.41, 5.74) is 3.36. The molecule has 78 valence electrons. The number of nitrogens with one attached hydrogen (secondary N) is 2. The van der Waals surface area contributed by atoms with Gasteiger partial charge >= 0.3 is 0 Å². The summed E-state index contributed by atoms with van der Waals surface area (Å²) < 4.78 is 0. The summed E-state index contributed by atoms with van der Waals surface area (Å²) in [6.07, 6.45) is 3.83. The first kappa shape index (κ1) is 9.65. The Morgan fingerprint density at radius 3 is 2.67 bits per heavy atom. The van der Waals surface area contributed by atoms with E-state index < -0.39 is 0 Å². The molecular formula is C12H15N3. The highest BCUT2D eigenvalue weighted by Gasteiger charge is 1.98. The van der Waals surface area contributed by atoms with Gasteiger partial charge in [0.15, 0.2) is 0 Å². The summed E-state index contributed by atoms with van der Waals surface area (Å²) in [7, 11) is 4.07. The summed E-state index contributed by atoms with van der Waals surface area (Å²) >= 11 is 0. The van der Waals surface area contributed by atoms with Crippen molar-refractivity contribution in [1.29, 1.82) is 0 Å². The van der Waals surface area contributed by atoms with Crippen molar-refractivity contribution in [3.05, 3.63) is 42.7 Å². The van der Waals surface area contributed by atoms with E-state index in [1.165, 1.54) is 5.69 Å². The molecule has 2 N–H and O–H groups in total. The average Bonchev–Trinajstić information content (AvgIpc) is 2.71. The molecule has 0 saturated heterocycles. The monoisotopic (exact) mass is 201 g/mol. The highest BCUT2D eigenvalue weighted by atomic mass is 15.1. The Labute approximate surface area is 89.7 Å². The van der Waals surface area contributed by atoms with Gasteiger partial charge in [-0.2, -0.15) is 0 Å². The van der Waals surface area contributed by atoms with E-state index >= 15 is 0 Å². The molecule has 0 aliphatic rings. The lowest BCUT2D eigenvalue weighted by molar-refractivity contribution is 1.13. The van der Waals surface area contributed by atoms with Gasteiger partial charge in [-0.1, -0.05) is 6.07 Å². The van der Waals surface area contributed by atoms with Crippen LogP contribution in [0.3, 0.4) is 0 Å². The molecule has 2 rings (SSSR count). The maximum atomic E-state index is 3.32. The van der Waals surface area contributed by atoms with Gasteiger partial charge in [-0.15, -0.1) is 0 Å². The molecule has 0 aliphatic heterocycles. The van der Waals surface area contributed by atoms with E-state index in [4.69, 9.17) is 0 Å². The third kappa shape index (κ3) is 2.31. The fraction of sp³-hybridized carbons (Fsp3) is 0.167. The zero-order valence-corrected chi connectivity index (χ0v) is 8.99. The second-order valence-electron chi connectivity index (χ2n) is 3.67. The van der Waals surface area contributed by atoms with E-state index in [0.717, 1.165) is 11.4 Å². The van der Waals surface area contributed by atoms with Gasteiger partial charge in [0.2, 0.25) is 0 Å². The molecule has 3 heteroatoms. The van der Waals surface area contributed by atoms with Crippen LogP contribution in [0.1, 0.15) is 0 Å². The molecule has 0 saturated carbocycles. The van der Waals surface area contributed by atoms with Crippen molar-refractivity contribution in [1.82, 2.24) is 4.98 Å². The summed E-state index contributed by atoms with van der Waals surface area (Å²) in [5, 5.41) is 3.32. The Hall–Kier alpha value is -1.90. The minimum absolute atomic E-state index is 1.07. The van der Waals surface area contributed by atoms with Crippen molar-refractivity contribution in [3.8, 4) is 0 Å². The van der Waals surface area contributed by atoms with E-state index in [9.17, 15) is 0 Å². The van der Waals surface area contributed by atoms with E-state index in [1.807, 2.05) is 38.6 Å². The van der Waals surface area contributed by atoms with Gasteiger partial charge in [0.05, 0.1) is 5.69 Å². The maximum absolute atomic E-state index is 3.32. The van der Waals surface area contributed by atoms with Gasteiger partial charge in [-0.05, 0) is 24.3 Å². The van der Waals surface area contributed by atoms with Gasteiger partial charge in [0.1, 0.15) is 0 Å². The molecule has 3 nitrogen and oxygen atoms in total. The molecule has 0 unspecified atom stereocenters. The third-order valence-corrected chi connectivity index (χ3v) is 2.25. The minimum Gasteiger partial charge on any atom is -0.378 e. The van der Waals surface area contributed by atoms with Gasteiger partial charge in [-0.3, -0.25) is 0 Å². The molecule has 0 spiro atoms. The van der Waals surface area contributed by atoms with Crippen LogP contribution < -0.4 is 10.2 Å². The van der Waals surface area contributed by atoms with Crippen molar-refractivity contribution in [2.75, 3.05) is 24.3 Å². The number of benzene rings is 1. The molecule has 1 heterocycles.